The summed E-state index contributed by atoms with van der Waals surface area (Å²) in [4.78, 5) is 39.7. The minimum atomic E-state index is -0.777. The minimum absolute atomic E-state index is 0.0357. The largest absolute Gasteiger partial charge is 0.497 e. The van der Waals surface area contributed by atoms with Crippen LogP contribution in [0.1, 0.15) is 39.4 Å². The van der Waals surface area contributed by atoms with Crippen molar-refractivity contribution < 1.29 is 42.4 Å². The second-order valence-corrected chi connectivity index (χ2v) is 9.37. The molecule has 2 aliphatic heterocycles. The second-order valence-electron chi connectivity index (χ2n) is 9.37. The summed E-state index contributed by atoms with van der Waals surface area (Å²) in [5, 5.41) is 0.301. The molecule has 10 heteroatoms. The topological polar surface area (TPSA) is 120 Å². The number of ketones is 1. The van der Waals surface area contributed by atoms with Crippen LogP contribution in [0, 0.1) is 0 Å². The Morgan fingerprint density at radius 1 is 0.854 bits per heavy atom. The summed E-state index contributed by atoms with van der Waals surface area (Å²) in [6.07, 6.45) is 2.75. The third kappa shape index (κ3) is 4.24. The first-order valence-electron chi connectivity index (χ1n) is 12.6. The Morgan fingerprint density at radius 3 is 2.29 bits per heavy atom. The lowest BCUT2D eigenvalue weighted by Crippen LogP contribution is -2.25. The number of hydrogen-bond acceptors (Lipinski definition) is 10. The van der Waals surface area contributed by atoms with Gasteiger partial charge >= 0.3 is 5.97 Å². The number of allylic oxidation sites excluding steroid dienone is 1. The molecule has 0 unspecified atom stereocenters. The molecule has 6 rings (SSSR count). The summed E-state index contributed by atoms with van der Waals surface area (Å²) in [5.74, 6) is 0.496. The number of carbonyl (C=O) groups is 2. The molecular weight excluding hydrogens is 532 g/mol. The molecule has 3 aromatic carbocycles. The summed E-state index contributed by atoms with van der Waals surface area (Å²) >= 11 is 0. The Kier molecular flexibility index (Phi) is 6.37. The quantitative estimate of drug-likeness (QED) is 0.185. The maximum absolute atomic E-state index is 13.6. The molecule has 10 nitrogen and oxygen atoms in total. The van der Waals surface area contributed by atoms with Crippen LogP contribution in [-0.4, -0.2) is 40.2 Å². The highest BCUT2D eigenvalue weighted by atomic mass is 16.5. The van der Waals surface area contributed by atoms with Crippen LogP contribution in [0.3, 0.4) is 0 Å². The van der Waals surface area contributed by atoms with E-state index in [1.54, 1.807) is 36.4 Å². The van der Waals surface area contributed by atoms with Crippen LogP contribution in [0.2, 0.25) is 0 Å². The summed E-state index contributed by atoms with van der Waals surface area (Å²) in [6.45, 7) is 0. The Hall–Kier alpha value is -5.25. The highest BCUT2D eigenvalue weighted by molar-refractivity contribution is 6.15. The number of hydrogen-bond donors (Lipinski definition) is 0. The zero-order chi connectivity index (χ0) is 28.8. The third-order valence-electron chi connectivity index (χ3n) is 7.15. The molecule has 0 radical (unpaired) electrons. The van der Waals surface area contributed by atoms with Gasteiger partial charge in [0.15, 0.2) is 22.7 Å². The molecule has 0 amide bonds. The highest BCUT2D eigenvalue weighted by Crippen LogP contribution is 2.49. The van der Waals surface area contributed by atoms with Gasteiger partial charge < -0.3 is 32.8 Å². The van der Waals surface area contributed by atoms with E-state index in [1.807, 2.05) is 0 Å². The SMILES string of the molecule is COc1ccc2occ([C@@H]3CC(=O)Oc4ccc5c(c43)O/C(=C\c3cc(OC)c(OC)c(OC)c3)C5=O)c(=O)c2c1. The molecule has 0 spiro atoms. The molecule has 3 heterocycles. The lowest BCUT2D eigenvalue weighted by Gasteiger charge is -2.25. The lowest BCUT2D eigenvalue weighted by molar-refractivity contribution is -0.135. The fourth-order valence-electron chi connectivity index (χ4n) is 5.20. The van der Waals surface area contributed by atoms with E-state index in [9.17, 15) is 14.4 Å². The number of Topliss-reactive ketones (excluding diaryl/α,β-unsaturated/α-hetero) is 1. The van der Waals surface area contributed by atoms with Gasteiger partial charge in [-0.3, -0.25) is 14.4 Å². The van der Waals surface area contributed by atoms with E-state index in [0.29, 0.717) is 45.1 Å². The normalized spacial score (nSPS) is 16.6. The van der Waals surface area contributed by atoms with Gasteiger partial charge in [-0.25, -0.2) is 0 Å². The Morgan fingerprint density at radius 2 is 1.61 bits per heavy atom. The zero-order valence-electron chi connectivity index (χ0n) is 22.6. The fourth-order valence-corrected chi connectivity index (χ4v) is 5.20. The van der Waals surface area contributed by atoms with Crippen molar-refractivity contribution in [2.45, 2.75) is 12.3 Å². The lowest BCUT2D eigenvalue weighted by atomic mass is 9.85. The maximum atomic E-state index is 13.6. The maximum Gasteiger partial charge on any atom is 0.312 e. The van der Waals surface area contributed by atoms with Gasteiger partial charge in [0.1, 0.15) is 22.8 Å². The van der Waals surface area contributed by atoms with Gasteiger partial charge in [-0.1, -0.05) is 0 Å². The van der Waals surface area contributed by atoms with Crippen molar-refractivity contribution in [3.63, 3.8) is 0 Å². The highest BCUT2D eigenvalue weighted by Gasteiger charge is 2.39. The predicted octanol–water partition coefficient (Wildman–Crippen LogP) is 4.88. The van der Waals surface area contributed by atoms with Crippen LogP contribution in [0.15, 0.2) is 63.7 Å². The van der Waals surface area contributed by atoms with E-state index < -0.39 is 11.9 Å². The van der Waals surface area contributed by atoms with Gasteiger partial charge in [-0.15, -0.1) is 0 Å². The monoisotopic (exact) mass is 556 g/mol. The van der Waals surface area contributed by atoms with Crippen molar-refractivity contribution in [3.8, 4) is 34.5 Å². The zero-order valence-corrected chi connectivity index (χ0v) is 22.6. The number of carbonyl (C=O) groups excluding carboxylic acids is 2. The standard InChI is InChI=1S/C31H24O10/c1-35-16-5-7-21-19(12-16)28(33)20(14-39-21)18-13-26(32)40-22-8-6-17-29(34)23(41-30(17)27(18)22)9-15-10-24(36-2)31(38-4)25(11-15)37-3/h5-12,14,18H,13H2,1-4H3/b23-9-/t18-/m0/s1. The van der Waals surface area contributed by atoms with Gasteiger partial charge in [0, 0.05) is 17.0 Å². The van der Waals surface area contributed by atoms with Crippen LogP contribution in [0.5, 0.6) is 34.5 Å². The number of methoxy groups -OCH3 is 4. The van der Waals surface area contributed by atoms with Crippen molar-refractivity contribution in [1.29, 1.82) is 0 Å². The molecular formula is C31H24O10. The van der Waals surface area contributed by atoms with Crippen molar-refractivity contribution >= 4 is 28.8 Å². The molecule has 2 aliphatic rings. The molecule has 0 fully saturated rings. The minimum Gasteiger partial charge on any atom is -0.497 e. The second kappa shape index (κ2) is 10.1. The molecule has 0 saturated heterocycles. The van der Waals surface area contributed by atoms with E-state index in [0.717, 1.165) is 0 Å². The van der Waals surface area contributed by atoms with E-state index in [1.165, 1.54) is 46.8 Å². The van der Waals surface area contributed by atoms with Crippen molar-refractivity contribution in [1.82, 2.24) is 0 Å². The average molecular weight is 557 g/mol. The van der Waals surface area contributed by atoms with Gasteiger partial charge in [-0.05, 0) is 54.1 Å². The molecule has 0 N–H and O–H groups in total. The van der Waals surface area contributed by atoms with Crippen LogP contribution in [-0.2, 0) is 4.79 Å². The number of esters is 1. The van der Waals surface area contributed by atoms with Crippen molar-refractivity contribution in [3.05, 3.63) is 87.0 Å². The van der Waals surface area contributed by atoms with Gasteiger partial charge in [0.25, 0.3) is 0 Å². The Bertz CT molecular complexity index is 1810. The molecule has 1 atom stereocenters. The molecule has 0 aliphatic carbocycles. The summed E-state index contributed by atoms with van der Waals surface area (Å²) in [5.41, 5.74) is 1.53. The van der Waals surface area contributed by atoms with Crippen LogP contribution >= 0.6 is 0 Å². The van der Waals surface area contributed by atoms with Crippen molar-refractivity contribution in [2.24, 2.45) is 0 Å². The van der Waals surface area contributed by atoms with Crippen LogP contribution in [0.4, 0.5) is 0 Å². The van der Waals surface area contributed by atoms with Gasteiger partial charge in [-0.2, -0.15) is 0 Å². The predicted molar refractivity (Wildman–Crippen MR) is 147 cm³/mol. The molecule has 4 aromatic rings. The number of rotatable bonds is 6. The first kappa shape index (κ1) is 26.0. The number of ether oxygens (including phenoxy) is 6. The van der Waals surface area contributed by atoms with Gasteiger partial charge in [0.2, 0.25) is 11.5 Å². The molecule has 208 valence electrons. The first-order chi connectivity index (χ1) is 19.9. The fraction of sp³-hybridized carbons (Fsp3) is 0.194. The number of fused-ring (bicyclic) bond motifs is 4. The average Bonchev–Trinajstić information content (AvgIpc) is 3.30. The van der Waals surface area contributed by atoms with Crippen LogP contribution in [0.25, 0.3) is 17.0 Å². The summed E-state index contributed by atoms with van der Waals surface area (Å²) < 4.78 is 38.9. The van der Waals surface area contributed by atoms with Crippen LogP contribution < -0.4 is 33.8 Å². The molecule has 1 aromatic heterocycles. The molecule has 0 saturated carbocycles. The van der Waals surface area contributed by atoms with E-state index in [-0.39, 0.29) is 46.0 Å². The Labute approximate surface area is 233 Å². The first-order valence-corrected chi connectivity index (χ1v) is 12.6. The molecule has 41 heavy (non-hydrogen) atoms. The van der Waals surface area contributed by atoms with E-state index in [4.69, 9.17) is 32.8 Å². The summed E-state index contributed by atoms with van der Waals surface area (Å²) in [6, 6.07) is 11.4. The summed E-state index contributed by atoms with van der Waals surface area (Å²) in [7, 11) is 5.99. The third-order valence-corrected chi connectivity index (χ3v) is 7.15. The van der Waals surface area contributed by atoms with Gasteiger partial charge in [0.05, 0.1) is 52.1 Å². The number of benzene rings is 3. The Balaban J connectivity index is 1.47. The van der Waals surface area contributed by atoms with E-state index >= 15 is 0 Å². The van der Waals surface area contributed by atoms with E-state index in [2.05, 4.69) is 0 Å². The smallest absolute Gasteiger partial charge is 0.312 e. The van der Waals surface area contributed by atoms with Crippen molar-refractivity contribution in [2.75, 3.05) is 28.4 Å². The molecule has 0 bridgehead atoms.